The van der Waals surface area contributed by atoms with E-state index in [0.29, 0.717) is 18.7 Å². The number of benzene rings is 1. The summed E-state index contributed by atoms with van der Waals surface area (Å²) in [7, 11) is 0. The van der Waals surface area contributed by atoms with Gasteiger partial charge < -0.3 is 10.0 Å². The van der Waals surface area contributed by atoms with Crippen LogP contribution in [0.25, 0.3) is 5.69 Å². The summed E-state index contributed by atoms with van der Waals surface area (Å²) < 4.78 is 1.72. The number of carbonyl (C=O) groups is 1. The summed E-state index contributed by atoms with van der Waals surface area (Å²) in [6, 6.07) is 9.24. The Balaban J connectivity index is 1.83. The number of amides is 1. The quantitative estimate of drug-likeness (QED) is 0.900. The van der Waals surface area contributed by atoms with E-state index in [1.54, 1.807) is 21.8 Å². The van der Waals surface area contributed by atoms with Crippen LogP contribution in [0, 0.1) is 0 Å². The molecule has 20 heavy (non-hydrogen) atoms. The zero-order chi connectivity index (χ0) is 13.9. The molecule has 0 saturated carbocycles. The van der Waals surface area contributed by atoms with Crippen LogP contribution in [0.4, 0.5) is 0 Å². The monoisotopic (exact) mass is 271 g/mol. The minimum absolute atomic E-state index is 0.0299. The van der Waals surface area contributed by atoms with Crippen molar-refractivity contribution in [2.75, 3.05) is 13.1 Å². The highest BCUT2D eigenvalue weighted by Gasteiger charge is 2.23. The summed E-state index contributed by atoms with van der Waals surface area (Å²) in [6.45, 7) is 1.13. The van der Waals surface area contributed by atoms with Crippen LogP contribution >= 0.6 is 0 Å². The highest BCUT2D eigenvalue weighted by Crippen LogP contribution is 2.16. The summed E-state index contributed by atoms with van der Waals surface area (Å²) >= 11 is 0. The minimum atomic E-state index is -0.401. The molecule has 1 aromatic heterocycles. The highest BCUT2D eigenvalue weighted by molar-refractivity contribution is 5.94. The van der Waals surface area contributed by atoms with E-state index in [1.807, 2.05) is 30.5 Å². The number of hydrogen-bond donors (Lipinski definition) is 1. The van der Waals surface area contributed by atoms with E-state index >= 15 is 0 Å². The number of piperidine rings is 1. The average Bonchev–Trinajstić information content (AvgIpc) is 3.01. The average molecular weight is 271 g/mol. The maximum atomic E-state index is 12.5. The molecule has 1 fully saturated rings. The molecule has 5 nitrogen and oxygen atoms in total. The van der Waals surface area contributed by atoms with E-state index in [1.165, 1.54) is 0 Å². The molecule has 1 N–H and O–H groups in total. The Morgan fingerprint density at radius 1 is 1.35 bits per heavy atom. The number of likely N-dealkylation sites (tertiary alicyclic amines) is 1. The van der Waals surface area contributed by atoms with Crippen molar-refractivity contribution in [2.24, 2.45) is 0 Å². The van der Waals surface area contributed by atoms with Crippen LogP contribution < -0.4 is 0 Å². The number of carbonyl (C=O) groups excluding carboxylic acids is 1. The van der Waals surface area contributed by atoms with Gasteiger partial charge in [0.05, 0.1) is 11.8 Å². The van der Waals surface area contributed by atoms with Gasteiger partial charge in [0.1, 0.15) is 0 Å². The molecular formula is C15H17N3O2. The van der Waals surface area contributed by atoms with E-state index in [2.05, 4.69) is 5.10 Å². The van der Waals surface area contributed by atoms with Crippen LogP contribution in [0.5, 0.6) is 0 Å². The third kappa shape index (κ3) is 2.58. The zero-order valence-electron chi connectivity index (χ0n) is 11.1. The van der Waals surface area contributed by atoms with Gasteiger partial charge in [0, 0.05) is 31.0 Å². The third-order valence-electron chi connectivity index (χ3n) is 3.55. The van der Waals surface area contributed by atoms with E-state index in [-0.39, 0.29) is 5.91 Å². The van der Waals surface area contributed by atoms with Crippen LogP contribution in [-0.2, 0) is 0 Å². The lowest BCUT2D eigenvalue weighted by Crippen LogP contribution is -2.42. The molecule has 1 atom stereocenters. The van der Waals surface area contributed by atoms with Gasteiger partial charge in [0.25, 0.3) is 5.91 Å². The molecule has 0 spiro atoms. The molecule has 104 valence electrons. The van der Waals surface area contributed by atoms with Gasteiger partial charge in [-0.2, -0.15) is 5.10 Å². The molecule has 0 aliphatic carbocycles. The smallest absolute Gasteiger partial charge is 0.254 e. The first kappa shape index (κ1) is 12.9. The van der Waals surface area contributed by atoms with E-state index in [4.69, 9.17) is 0 Å². The van der Waals surface area contributed by atoms with E-state index in [9.17, 15) is 9.90 Å². The summed E-state index contributed by atoms with van der Waals surface area (Å²) in [4.78, 5) is 14.2. The van der Waals surface area contributed by atoms with Gasteiger partial charge in [-0.15, -0.1) is 0 Å². The Hall–Kier alpha value is -2.14. The molecule has 1 saturated heterocycles. The number of nitrogens with zero attached hydrogens (tertiary/aromatic N) is 3. The first-order valence-corrected chi connectivity index (χ1v) is 6.81. The molecule has 0 bridgehead atoms. The third-order valence-corrected chi connectivity index (χ3v) is 3.55. The predicted octanol–water partition coefficient (Wildman–Crippen LogP) is 1.47. The van der Waals surface area contributed by atoms with Gasteiger partial charge in [-0.05, 0) is 37.1 Å². The predicted molar refractivity (Wildman–Crippen MR) is 74.7 cm³/mol. The highest BCUT2D eigenvalue weighted by atomic mass is 16.3. The second-order valence-corrected chi connectivity index (χ2v) is 5.05. The van der Waals surface area contributed by atoms with Crippen molar-refractivity contribution < 1.29 is 9.90 Å². The number of β-amino-alcohol motifs (C(OH)–C–C–N with tert-alkyl or cyclic N) is 1. The summed E-state index contributed by atoms with van der Waals surface area (Å²) in [5.41, 5.74) is 1.49. The molecular weight excluding hydrogens is 254 g/mol. The van der Waals surface area contributed by atoms with Gasteiger partial charge in [0.15, 0.2) is 0 Å². The fourth-order valence-corrected chi connectivity index (χ4v) is 2.52. The van der Waals surface area contributed by atoms with Crippen LogP contribution in [0.15, 0.2) is 42.7 Å². The van der Waals surface area contributed by atoms with Crippen LogP contribution in [0.3, 0.4) is 0 Å². The number of aliphatic hydroxyl groups excluding tert-OH is 1. The van der Waals surface area contributed by atoms with Crippen molar-refractivity contribution in [2.45, 2.75) is 18.9 Å². The van der Waals surface area contributed by atoms with Gasteiger partial charge in [0.2, 0.25) is 0 Å². The maximum Gasteiger partial charge on any atom is 0.254 e. The maximum absolute atomic E-state index is 12.5. The Morgan fingerprint density at radius 3 is 3.00 bits per heavy atom. The summed E-state index contributed by atoms with van der Waals surface area (Å²) in [5.74, 6) is -0.0299. The lowest BCUT2D eigenvalue weighted by molar-refractivity contribution is 0.0474. The van der Waals surface area contributed by atoms with Crippen LogP contribution in [0.2, 0.25) is 0 Å². The first-order valence-electron chi connectivity index (χ1n) is 6.81. The zero-order valence-corrected chi connectivity index (χ0v) is 11.1. The first-order chi connectivity index (χ1) is 9.74. The van der Waals surface area contributed by atoms with Crippen molar-refractivity contribution in [3.63, 3.8) is 0 Å². The largest absolute Gasteiger partial charge is 0.391 e. The van der Waals surface area contributed by atoms with Crippen molar-refractivity contribution >= 4 is 5.91 Å². The minimum Gasteiger partial charge on any atom is -0.391 e. The standard InChI is InChI=1S/C15H17N3O2/c19-14-6-2-8-17(11-14)15(20)12-4-1-5-13(10-12)18-9-3-7-16-18/h1,3-5,7,9-10,14,19H,2,6,8,11H2. The molecule has 2 heterocycles. The van der Waals surface area contributed by atoms with Crippen LogP contribution in [0.1, 0.15) is 23.2 Å². The SMILES string of the molecule is O=C(c1cccc(-n2cccn2)c1)N1CCCC(O)C1. The molecule has 1 aliphatic rings. The molecule has 1 amide bonds. The van der Waals surface area contributed by atoms with Gasteiger partial charge in [-0.25, -0.2) is 4.68 Å². The fraction of sp³-hybridized carbons (Fsp3) is 0.333. The molecule has 1 unspecified atom stereocenters. The van der Waals surface area contributed by atoms with E-state index in [0.717, 1.165) is 18.5 Å². The van der Waals surface area contributed by atoms with Gasteiger partial charge in [-0.1, -0.05) is 6.07 Å². The topological polar surface area (TPSA) is 58.4 Å². The second kappa shape index (κ2) is 5.46. The van der Waals surface area contributed by atoms with Crippen molar-refractivity contribution in [3.8, 4) is 5.69 Å². The number of rotatable bonds is 2. The van der Waals surface area contributed by atoms with Crippen molar-refractivity contribution in [1.82, 2.24) is 14.7 Å². The normalized spacial score (nSPS) is 19.1. The Kier molecular flexibility index (Phi) is 3.52. The molecule has 2 aromatic rings. The van der Waals surface area contributed by atoms with Crippen molar-refractivity contribution in [1.29, 1.82) is 0 Å². The Morgan fingerprint density at radius 2 is 2.25 bits per heavy atom. The van der Waals surface area contributed by atoms with Gasteiger partial charge >= 0.3 is 0 Å². The molecule has 0 radical (unpaired) electrons. The Labute approximate surface area is 117 Å². The number of aromatic nitrogens is 2. The summed E-state index contributed by atoms with van der Waals surface area (Å²) in [5, 5.41) is 13.8. The number of aliphatic hydroxyl groups is 1. The van der Waals surface area contributed by atoms with E-state index < -0.39 is 6.10 Å². The fourth-order valence-electron chi connectivity index (χ4n) is 2.52. The van der Waals surface area contributed by atoms with Crippen molar-refractivity contribution in [3.05, 3.63) is 48.3 Å². The molecule has 1 aromatic carbocycles. The van der Waals surface area contributed by atoms with Crippen LogP contribution in [-0.4, -0.2) is 44.9 Å². The molecule has 1 aliphatic heterocycles. The number of hydrogen-bond acceptors (Lipinski definition) is 3. The molecule has 5 heteroatoms. The lowest BCUT2D eigenvalue weighted by atomic mass is 10.1. The lowest BCUT2D eigenvalue weighted by Gasteiger charge is -2.30. The summed E-state index contributed by atoms with van der Waals surface area (Å²) in [6.07, 6.45) is 4.77. The molecule has 3 rings (SSSR count). The second-order valence-electron chi connectivity index (χ2n) is 5.05. The Bertz CT molecular complexity index is 595. The van der Waals surface area contributed by atoms with Gasteiger partial charge in [-0.3, -0.25) is 4.79 Å².